The Labute approximate surface area is 79.0 Å². The van der Waals surface area contributed by atoms with Crippen molar-refractivity contribution in [1.82, 2.24) is 0 Å². The van der Waals surface area contributed by atoms with Crippen molar-refractivity contribution >= 4 is 5.97 Å². The summed E-state index contributed by atoms with van der Waals surface area (Å²) in [5, 5.41) is 0. The second-order valence-corrected chi connectivity index (χ2v) is 4.89. The second-order valence-electron chi connectivity index (χ2n) is 4.89. The highest BCUT2D eigenvalue weighted by atomic mass is 16.5. The molecule has 2 nitrogen and oxygen atoms in total. The lowest BCUT2D eigenvalue weighted by molar-refractivity contribution is -0.138. The van der Waals surface area contributed by atoms with E-state index in [1.54, 1.807) is 0 Å². The quantitative estimate of drug-likeness (QED) is 0.535. The van der Waals surface area contributed by atoms with E-state index in [-0.39, 0.29) is 17.3 Å². The van der Waals surface area contributed by atoms with Crippen molar-refractivity contribution in [3.05, 3.63) is 11.8 Å². The zero-order chi connectivity index (χ0) is 9.64. The number of rotatable bonds is 0. The molecular weight excluding hydrogens is 164 g/mol. The number of carbonyl (C=O) groups excluding carboxylic acids is 1. The van der Waals surface area contributed by atoms with E-state index in [1.807, 2.05) is 6.92 Å². The zero-order valence-corrected chi connectivity index (χ0v) is 8.46. The Morgan fingerprint density at radius 1 is 1.54 bits per heavy atom. The van der Waals surface area contributed by atoms with Crippen LogP contribution in [0.2, 0.25) is 0 Å². The SMILES string of the molecule is CC1C(=O)OC2=CC(C)(C)CCC21. The summed E-state index contributed by atoms with van der Waals surface area (Å²) in [6.45, 7) is 6.34. The summed E-state index contributed by atoms with van der Waals surface area (Å²) in [7, 11) is 0. The summed E-state index contributed by atoms with van der Waals surface area (Å²) in [6.07, 6.45) is 4.37. The third kappa shape index (κ3) is 1.38. The monoisotopic (exact) mass is 180 g/mol. The number of ether oxygens (including phenoxy) is 1. The first kappa shape index (κ1) is 8.79. The van der Waals surface area contributed by atoms with Crippen LogP contribution in [0.25, 0.3) is 0 Å². The van der Waals surface area contributed by atoms with Gasteiger partial charge in [-0.3, -0.25) is 4.79 Å². The van der Waals surface area contributed by atoms with Gasteiger partial charge in [-0.05, 0) is 24.3 Å². The fourth-order valence-electron chi connectivity index (χ4n) is 2.21. The molecule has 1 heterocycles. The van der Waals surface area contributed by atoms with Crippen molar-refractivity contribution in [1.29, 1.82) is 0 Å². The average Bonchev–Trinajstić information content (AvgIpc) is 2.25. The fourth-order valence-corrected chi connectivity index (χ4v) is 2.21. The Bertz CT molecular complexity index is 276. The largest absolute Gasteiger partial charge is 0.431 e. The Kier molecular flexibility index (Phi) is 1.76. The lowest BCUT2D eigenvalue weighted by Crippen LogP contribution is -2.20. The first-order chi connectivity index (χ1) is 5.99. The van der Waals surface area contributed by atoms with Crippen molar-refractivity contribution in [3.63, 3.8) is 0 Å². The molecule has 13 heavy (non-hydrogen) atoms. The van der Waals surface area contributed by atoms with E-state index in [0.717, 1.165) is 18.6 Å². The maximum Gasteiger partial charge on any atom is 0.314 e. The fraction of sp³-hybridized carbons (Fsp3) is 0.727. The summed E-state index contributed by atoms with van der Waals surface area (Å²) in [4.78, 5) is 11.3. The first-order valence-electron chi connectivity index (χ1n) is 4.94. The van der Waals surface area contributed by atoms with Crippen LogP contribution in [0.3, 0.4) is 0 Å². The lowest BCUT2D eigenvalue weighted by atomic mass is 9.75. The Hall–Kier alpha value is -0.790. The van der Waals surface area contributed by atoms with E-state index in [1.165, 1.54) is 0 Å². The number of esters is 1. The van der Waals surface area contributed by atoms with Crippen LogP contribution < -0.4 is 0 Å². The molecule has 0 aromatic carbocycles. The molecule has 0 bridgehead atoms. The van der Waals surface area contributed by atoms with Crippen LogP contribution >= 0.6 is 0 Å². The van der Waals surface area contributed by atoms with E-state index in [2.05, 4.69) is 19.9 Å². The van der Waals surface area contributed by atoms with Gasteiger partial charge in [0.25, 0.3) is 0 Å². The molecule has 0 amide bonds. The van der Waals surface area contributed by atoms with Crippen LogP contribution in [0.1, 0.15) is 33.6 Å². The smallest absolute Gasteiger partial charge is 0.314 e. The third-order valence-electron chi connectivity index (χ3n) is 3.19. The summed E-state index contributed by atoms with van der Waals surface area (Å²) >= 11 is 0. The highest BCUT2D eigenvalue weighted by Gasteiger charge is 2.41. The molecule has 0 aromatic heterocycles. The highest BCUT2D eigenvalue weighted by molar-refractivity contribution is 5.77. The molecule has 0 saturated carbocycles. The number of hydrogen-bond acceptors (Lipinski definition) is 2. The molecule has 1 aliphatic heterocycles. The molecule has 2 aliphatic rings. The van der Waals surface area contributed by atoms with E-state index >= 15 is 0 Å². The summed E-state index contributed by atoms with van der Waals surface area (Å²) in [5.41, 5.74) is 0.205. The molecule has 0 N–H and O–H groups in total. The van der Waals surface area contributed by atoms with Gasteiger partial charge in [0, 0.05) is 5.92 Å². The standard InChI is InChI=1S/C11H16O2/c1-7-8-4-5-11(2,3)6-9(8)13-10(7)12/h6-8H,4-5H2,1-3H3. The summed E-state index contributed by atoms with van der Waals surface area (Å²) < 4.78 is 5.24. The second kappa shape index (κ2) is 2.60. The van der Waals surface area contributed by atoms with Gasteiger partial charge >= 0.3 is 5.97 Å². The van der Waals surface area contributed by atoms with Crippen LogP contribution in [-0.4, -0.2) is 5.97 Å². The van der Waals surface area contributed by atoms with Crippen LogP contribution in [-0.2, 0) is 9.53 Å². The van der Waals surface area contributed by atoms with Crippen LogP contribution in [0, 0.1) is 17.3 Å². The van der Waals surface area contributed by atoms with Crippen LogP contribution in [0.5, 0.6) is 0 Å². The molecule has 2 rings (SSSR count). The van der Waals surface area contributed by atoms with Gasteiger partial charge in [0.15, 0.2) is 0 Å². The molecule has 2 heteroatoms. The van der Waals surface area contributed by atoms with E-state index < -0.39 is 0 Å². The average molecular weight is 180 g/mol. The van der Waals surface area contributed by atoms with Crippen molar-refractivity contribution in [2.45, 2.75) is 33.6 Å². The molecule has 1 saturated heterocycles. The number of carbonyl (C=O) groups is 1. The minimum atomic E-state index is -0.0473. The van der Waals surface area contributed by atoms with Gasteiger partial charge in [0.1, 0.15) is 5.76 Å². The topological polar surface area (TPSA) is 26.3 Å². The van der Waals surface area contributed by atoms with Crippen LogP contribution in [0.4, 0.5) is 0 Å². The number of hydrogen-bond donors (Lipinski definition) is 0. The summed E-state index contributed by atoms with van der Waals surface area (Å²) in [6, 6.07) is 0. The van der Waals surface area contributed by atoms with Gasteiger partial charge < -0.3 is 4.74 Å². The maximum absolute atomic E-state index is 11.3. The molecule has 2 unspecified atom stereocenters. The molecule has 0 radical (unpaired) electrons. The van der Waals surface area contributed by atoms with Crippen LogP contribution in [0.15, 0.2) is 11.8 Å². The van der Waals surface area contributed by atoms with Crippen molar-refractivity contribution in [3.8, 4) is 0 Å². The van der Waals surface area contributed by atoms with Crippen molar-refractivity contribution in [2.75, 3.05) is 0 Å². The molecular formula is C11H16O2. The predicted molar refractivity (Wildman–Crippen MR) is 49.8 cm³/mol. The molecule has 1 aliphatic carbocycles. The maximum atomic E-state index is 11.3. The highest BCUT2D eigenvalue weighted by Crippen LogP contribution is 2.44. The van der Waals surface area contributed by atoms with Crippen molar-refractivity contribution < 1.29 is 9.53 Å². The van der Waals surface area contributed by atoms with E-state index in [9.17, 15) is 4.79 Å². The normalized spacial score (nSPS) is 36.5. The third-order valence-corrected chi connectivity index (χ3v) is 3.19. The molecule has 1 fully saturated rings. The van der Waals surface area contributed by atoms with Gasteiger partial charge in [0.05, 0.1) is 5.92 Å². The first-order valence-corrected chi connectivity index (χ1v) is 4.94. The zero-order valence-electron chi connectivity index (χ0n) is 8.46. The minimum Gasteiger partial charge on any atom is -0.431 e. The number of allylic oxidation sites excluding steroid dienone is 2. The predicted octanol–water partition coefficient (Wildman–Crippen LogP) is 2.50. The Morgan fingerprint density at radius 3 is 2.92 bits per heavy atom. The van der Waals surface area contributed by atoms with Gasteiger partial charge in [-0.1, -0.05) is 20.8 Å². The summed E-state index contributed by atoms with van der Waals surface area (Å²) in [5.74, 6) is 1.31. The minimum absolute atomic E-state index is 0.0473. The van der Waals surface area contributed by atoms with E-state index in [4.69, 9.17) is 4.74 Å². The molecule has 0 spiro atoms. The van der Waals surface area contributed by atoms with Gasteiger partial charge in [-0.25, -0.2) is 0 Å². The van der Waals surface area contributed by atoms with Crippen molar-refractivity contribution in [2.24, 2.45) is 17.3 Å². The van der Waals surface area contributed by atoms with E-state index in [0.29, 0.717) is 5.92 Å². The number of fused-ring (bicyclic) bond motifs is 1. The van der Waals surface area contributed by atoms with Gasteiger partial charge in [0.2, 0.25) is 0 Å². The van der Waals surface area contributed by atoms with Gasteiger partial charge in [-0.15, -0.1) is 0 Å². The Morgan fingerprint density at radius 2 is 2.23 bits per heavy atom. The molecule has 72 valence electrons. The van der Waals surface area contributed by atoms with Gasteiger partial charge in [-0.2, -0.15) is 0 Å². The molecule has 2 atom stereocenters. The molecule has 0 aromatic rings. The lowest BCUT2D eigenvalue weighted by Gasteiger charge is -2.28. The Balaban J connectivity index is 2.30.